The molecule has 0 aliphatic heterocycles. The van der Waals surface area contributed by atoms with Crippen molar-refractivity contribution < 1.29 is 0 Å². The highest BCUT2D eigenvalue weighted by Crippen LogP contribution is 2.44. The van der Waals surface area contributed by atoms with Crippen LogP contribution in [0.5, 0.6) is 0 Å². The summed E-state index contributed by atoms with van der Waals surface area (Å²) in [7, 11) is 0. The Morgan fingerprint density at radius 3 is 0.838 bits per heavy atom. The van der Waals surface area contributed by atoms with E-state index in [1.807, 2.05) is 121 Å². The second-order valence-electron chi connectivity index (χ2n) is 18.3. The molecule has 0 aliphatic rings. The van der Waals surface area contributed by atoms with Gasteiger partial charge in [0.05, 0.1) is 22.1 Å². The lowest BCUT2D eigenvalue weighted by atomic mass is 9.95. The van der Waals surface area contributed by atoms with E-state index in [-0.39, 0.29) is 0 Å². The van der Waals surface area contributed by atoms with Gasteiger partial charge in [-0.1, -0.05) is 206 Å². The average Bonchev–Trinajstić information content (AvgIpc) is 4.04. The van der Waals surface area contributed by atoms with Gasteiger partial charge in [0.15, 0.2) is 34.9 Å². The van der Waals surface area contributed by atoms with Crippen molar-refractivity contribution in [2.75, 3.05) is 0 Å². The summed E-state index contributed by atoms with van der Waals surface area (Å²) in [6.07, 6.45) is 0. The lowest BCUT2D eigenvalue weighted by Crippen LogP contribution is -2.01. The number of para-hydroxylation sites is 2. The molecule has 10 aromatic carbocycles. The van der Waals surface area contributed by atoms with Gasteiger partial charge in [-0.25, -0.2) is 29.9 Å². The second-order valence-corrected chi connectivity index (χ2v) is 18.3. The highest BCUT2D eigenvalue weighted by molar-refractivity contribution is 6.22. The molecule has 0 fully saturated rings. The maximum absolute atomic E-state index is 5.09. The van der Waals surface area contributed by atoms with Crippen LogP contribution in [-0.4, -0.2) is 39.0 Å². The highest BCUT2D eigenvalue weighted by atomic mass is 15.1. The van der Waals surface area contributed by atoms with Crippen LogP contribution in [0.1, 0.15) is 0 Å². The van der Waals surface area contributed by atoms with Crippen molar-refractivity contribution in [3.05, 3.63) is 255 Å². The fourth-order valence-corrected chi connectivity index (χ4v) is 10.5. The number of benzene rings is 10. The van der Waals surface area contributed by atoms with Crippen LogP contribution in [0.3, 0.4) is 0 Å². The minimum atomic E-state index is 0.608. The van der Waals surface area contributed by atoms with Gasteiger partial charge in [0, 0.05) is 66.3 Å². The Labute approximate surface area is 426 Å². The lowest BCUT2D eigenvalue weighted by molar-refractivity contribution is 1.07. The Hall–Kier alpha value is -10.2. The number of hydrogen-bond donors (Lipinski definition) is 0. The van der Waals surface area contributed by atoms with Gasteiger partial charge in [0.2, 0.25) is 0 Å². The number of nitrogens with zero attached hydrogens (tertiary/aromatic N) is 8. The third-order valence-electron chi connectivity index (χ3n) is 13.8. The van der Waals surface area contributed by atoms with Crippen LogP contribution in [0.15, 0.2) is 255 Å². The summed E-state index contributed by atoms with van der Waals surface area (Å²) < 4.78 is 4.75. The van der Waals surface area contributed by atoms with Crippen molar-refractivity contribution in [2.45, 2.75) is 0 Å². The SMILES string of the molecule is c1ccc(-c2nc(-c3ccccc3)nc(-c3cccc(-n4c5ccccc5c5c(-c6cccc7c6c6ccccc6n7-c6cccc(-c7nc(-c8ccccc8)nc(-c8ccccc8)n7)c6)cccc54)c3)n2)cc1. The summed E-state index contributed by atoms with van der Waals surface area (Å²) in [6.45, 7) is 0. The van der Waals surface area contributed by atoms with Gasteiger partial charge in [-0.15, -0.1) is 0 Å². The van der Waals surface area contributed by atoms with Crippen LogP contribution in [0.2, 0.25) is 0 Å². The minimum absolute atomic E-state index is 0.608. The molecule has 0 spiro atoms. The number of fused-ring (bicyclic) bond motifs is 6. The molecule has 4 aromatic heterocycles. The van der Waals surface area contributed by atoms with Crippen molar-refractivity contribution in [3.8, 4) is 90.8 Å². The zero-order chi connectivity index (χ0) is 49.0. The van der Waals surface area contributed by atoms with Crippen molar-refractivity contribution in [1.29, 1.82) is 0 Å². The number of hydrogen-bond acceptors (Lipinski definition) is 6. The highest BCUT2D eigenvalue weighted by Gasteiger charge is 2.22. The molecule has 14 rings (SSSR count). The zero-order valence-corrected chi connectivity index (χ0v) is 39.8. The predicted octanol–water partition coefficient (Wildman–Crippen LogP) is 15.9. The van der Waals surface area contributed by atoms with E-state index in [4.69, 9.17) is 29.9 Å². The fraction of sp³-hybridized carbons (Fsp3) is 0. The Morgan fingerprint density at radius 1 is 0.216 bits per heavy atom. The van der Waals surface area contributed by atoms with Crippen LogP contribution >= 0.6 is 0 Å². The molecular formula is C66H42N8. The molecule has 8 nitrogen and oxygen atoms in total. The first-order chi connectivity index (χ1) is 36.7. The Bertz CT molecular complexity index is 4010. The molecule has 0 unspecified atom stereocenters. The van der Waals surface area contributed by atoms with Crippen molar-refractivity contribution in [3.63, 3.8) is 0 Å². The lowest BCUT2D eigenvalue weighted by Gasteiger charge is -2.13. The topological polar surface area (TPSA) is 87.2 Å². The first-order valence-electron chi connectivity index (χ1n) is 24.7. The monoisotopic (exact) mass is 946 g/mol. The zero-order valence-electron chi connectivity index (χ0n) is 39.8. The molecule has 346 valence electrons. The molecule has 0 N–H and O–H groups in total. The molecule has 0 atom stereocenters. The van der Waals surface area contributed by atoms with Gasteiger partial charge < -0.3 is 9.13 Å². The molecule has 8 heteroatoms. The van der Waals surface area contributed by atoms with Crippen molar-refractivity contribution in [2.24, 2.45) is 0 Å². The van der Waals surface area contributed by atoms with Crippen LogP contribution < -0.4 is 0 Å². The molecule has 14 aromatic rings. The quantitative estimate of drug-likeness (QED) is 0.143. The largest absolute Gasteiger partial charge is 0.309 e. The van der Waals surface area contributed by atoms with Crippen LogP contribution in [0.25, 0.3) is 134 Å². The summed E-state index contributed by atoms with van der Waals surface area (Å²) in [5.41, 5.74) is 14.2. The Kier molecular flexibility index (Phi) is 10.3. The summed E-state index contributed by atoms with van der Waals surface area (Å²) in [5.74, 6) is 3.72. The third-order valence-corrected chi connectivity index (χ3v) is 13.8. The molecule has 74 heavy (non-hydrogen) atoms. The van der Waals surface area contributed by atoms with Gasteiger partial charge in [0.1, 0.15) is 0 Å². The fourth-order valence-electron chi connectivity index (χ4n) is 10.5. The number of rotatable bonds is 9. The van der Waals surface area contributed by atoms with Gasteiger partial charge in [-0.2, -0.15) is 0 Å². The maximum Gasteiger partial charge on any atom is 0.164 e. The molecule has 0 radical (unpaired) electrons. The third kappa shape index (κ3) is 7.40. The maximum atomic E-state index is 5.09. The van der Waals surface area contributed by atoms with Gasteiger partial charge >= 0.3 is 0 Å². The van der Waals surface area contributed by atoms with E-state index in [2.05, 4.69) is 143 Å². The molecule has 0 saturated heterocycles. The van der Waals surface area contributed by atoms with Gasteiger partial charge in [-0.05, 0) is 59.7 Å². The molecule has 0 aliphatic carbocycles. The van der Waals surface area contributed by atoms with E-state index >= 15 is 0 Å². The van der Waals surface area contributed by atoms with Crippen LogP contribution in [0, 0.1) is 0 Å². The molecule has 0 saturated carbocycles. The molecular weight excluding hydrogens is 905 g/mol. The molecule has 0 amide bonds. The number of aromatic nitrogens is 8. The second kappa shape index (κ2) is 17.9. The Balaban J connectivity index is 0.921. The summed E-state index contributed by atoms with van der Waals surface area (Å²) in [6, 6.07) is 88.3. The van der Waals surface area contributed by atoms with Crippen LogP contribution in [-0.2, 0) is 0 Å². The van der Waals surface area contributed by atoms with E-state index in [1.165, 1.54) is 10.8 Å². The van der Waals surface area contributed by atoms with E-state index in [1.54, 1.807) is 0 Å². The minimum Gasteiger partial charge on any atom is -0.309 e. The summed E-state index contributed by atoms with van der Waals surface area (Å²) in [4.78, 5) is 30.3. The van der Waals surface area contributed by atoms with E-state index in [9.17, 15) is 0 Å². The van der Waals surface area contributed by atoms with Gasteiger partial charge in [-0.3, -0.25) is 0 Å². The smallest absolute Gasteiger partial charge is 0.164 e. The average molecular weight is 947 g/mol. The summed E-state index contributed by atoms with van der Waals surface area (Å²) in [5, 5.41) is 4.68. The molecule has 4 heterocycles. The predicted molar refractivity (Wildman–Crippen MR) is 300 cm³/mol. The normalized spacial score (nSPS) is 11.5. The van der Waals surface area contributed by atoms with E-state index in [0.29, 0.717) is 34.9 Å². The standard InChI is InChI=1S/C66H42N8/c1-5-21-43(22-6-1)61-67-62(44-23-7-2-8-24-44)70-65(69-61)47-29-17-31-49(41-47)73-55-37-15-13-33-53(55)59-51(35-19-39-57(59)73)52-36-20-40-58-60(52)54-34-14-16-38-56(54)74(58)50-32-18-30-48(42-50)66-71-63(45-25-9-3-10-26-45)68-64(72-66)46-27-11-4-12-28-46/h1-42H. The van der Waals surface area contributed by atoms with E-state index in [0.717, 1.165) is 88.7 Å². The van der Waals surface area contributed by atoms with Crippen LogP contribution in [0.4, 0.5) is 0 Å². The first-order valence-corrected chi connectivity index (χ1v) is 24.7. The first kappa shape index (κ1) is 42.7. The van der Waals surface area contributed by atoms with E-state index < -0.39 is 0 Å². The van der Waals surface area contributed by atoms with Crippen molar-refractivity contribution in [1.82, 2.24) is 39.0 Å². The summed E-state index contributed by atoms with van der Waals surface area (Å²) >= 11 is 0. The van der Waals surface area contributed by atoms with Gasteiger partial charge in [0.25, 0.3) is 0 Å². The Morgan fingerprint density at radius 2 is 0.486 bits per heavy atom. The van der Waals surface area contributed by atoms with Crippen molar-refractivity contribution >= 4 is 43.6 Å². The molecule has 0 bridgehead atoms.